The van der Waals surface area contributed by atoms with Gasteiger partial charge >= 0.3 is 12.0 Å². The number of hydrogen-bond donors (Lipinski definition) is 3. The van der Waals surface area contributed by atoms with E-state index >= 15 is 0 Å². The Hall–Kier alpha value is -1.44. The van der Waals surface area contributed by atoms with Gasteiger partial charge in [-0.1, -0.05) is 0 Å². The molecule has 16 heavy (non-hydrogen) atoms. The molecule has 90 valence electrons. The third-order valence-corrected chi connectivity index (χ3v) is 3.12. The van der Waals surface area contributed by atoms with Crippen LogP contribution in [0.5, 0.6) is 0 Å². The molecule has 1 aliphatic heterocycles. The van der Waals surface area contributed by atoms with Crippen molar-refractivity contribution < 1.29 is 19.5 Å². The van der Waals surface area contributed by atoms with E-state index in [0.29, 0.717) is 11.6 Å². The number of rotatable bonds is 3. The summed E-state index contributed by atoms with van der Waals surface area (Å²) < 4.78 is 0. The number of carboxylic acid groups (broad SMARTS) is 1. The molecule has 1 rings (SSSR count). The van der Waals surface area contributed by atoms with Crippen molar-refractivity contribution in [1.82, 2.24) is 15.5 Å². The van der Waals surface area contributed by atoms with Gasteiger partial charge in [0.05, 0.1) is 12.4 Å². The zero-order valence-electron chi connectivity index (χ0n) is 8.73. The Morgan fingerprint density at radius 3 is 2.75 bits per heavy atom. The average Bonchev–Trinajstić information content (AvgIpc) is 2.74. The summed E-state index contributed by atoms with van der Waals surface area (Å²) in [5.74, 6) is -0.647. The fraction of sp³-hybridized carbons (Fsp3) is 0.625. The van der Waals surface area contributed by atoms with E-state index in [1.807, 2.05) is 0 Å². The van der Waals surface area contributed by atoms with Gasteiger partial charge in [-0.2, -0.15) is 0 Å². The summed E-state index contributed by atoms with van der Waals surface area (Å²) in [6.07, 6.45) is 0. The van der Waals surface area contributed by atoms with Gasteiger partial charge in [0.15, 0.2) is 0 Å². The lowest BCUT2D eigenvalue weighted by atomic mass is 10.3. The third kappa shape index (κ3) is 3.02. The molecule has 1 saturated heterocycles. The molecular formula is C8H13N3O4S. The largest absolute Gasteiger partial charge is 0.480 e. The van der Waals surface area contributed by atoms with Crippen molar-refractivity contribution in [2.45, 2.75) is 6.04 Å². The van der Waals surface area contributed by atoms with E-state index in [9.17, 15) is 14.4 Å². The number of carbonyl (C=O) groups excluding carboxylic acids is 2. The van der Waals surface area contributed by atoms with Gasteiger partial charge in [-0.25, -0.2) is 9.59 Å². The zero-order valence-corrected chi connectivity index (χ0v) is 9.54. The fourth-order valence-corrected chi connectivity index (χ4v) is 2.34. The standard InChI is InChI=1S/C8H13N3O4S/c1-9-6(12)2-10-8(15)11-4-16-3-5(11)7(13)14/h5H,2-4H2,1H3,(H,9,12)(H,10,15)(H,13,14)/t5-/m0/s1. The van der Waals surface area contributed by atoms with Crippen LogP contribution < -0.4 is 10.6 Å². The first-order valence-electron chi connectivity index (χ1n) is 4.62. The maximum Gasteiger partial charge on any atom is 0.327 e. The van der Waals surface area contributed by atoms with Crippen molar-refractivity contribution >= 4 is 29.7 Å². The number of carbonyl (C=O) groups is 3. The average molecular weight is 247 g/mol. The van der Waals surface area contributed by atoms with Crippen molar-refractivity contribution in [2.24, 2.45) is 0 Å². The normalized spacial score (nSPS) is 19.3. The minimum Gasteiger partial charge on any atom is -0.480 e. The molecule has 0 aliphatic carbocycles. The molecule has 1 atom stereocenters. The Labute approximate surface area is 96.5 Å². The summed E-state index contributed by atoms with van der Waals surface area (Å²) in [5.41, 5.74) is 0. The van der Waals surface area contributed by atoms with Crippen LogP contribution in [0.1, 0.15) is 0 Å². The number of likely N-dealkylation sites (N-methyl/N-ethyl adjacent to an activating group) is 1. The van der Waals surface area contributed by atoms with Crippen molar-refractivity contribution in [3.63, 3.8) is 0 Å². The molecule has 8 heteroatoms. The number of thioether (sulfide) groups is 1. The third-order valence-electron chi connectivity index (χ3n) is 2.11. The molecule has 0 aromatic carbocycles. The van der Waals surface area contributed by atoms with Crippen molar-refractivity contribution in [3.05, 3.63) is 0 Å². The molecule has 0 aromatic rings. The summed E-state index contributed by atoms with van der Waals surface area (Å²) >= 11 is 1.37. The Bertz CT molecular complexity index is 310. The van der Waals surface area contributed by atoms with Crippen LogP contribution in [0.25, 0.3) is 0 Å². The van der Waals surface area contributed by atoms with Gasteiger partial charge in [0.1, 0.15) is 6.04 Å². The van der Waals surface area contributed by atoms with E-state index in [1.54, 1.807) is 0 Å². The second-order valence-corrected chi connectivity index (χ2v) is 4.16. The van der Waals surface area contributed by atoms with Crippen LogP contribution in [0.3, 0.4) is 0 Å². The molecule has 0 spiro atoms. The summed E-state index contributed by atoms with van der Waals surface area (Å²) in [5, 5.41) is 13.6. The smallest absolute Gasteiger partial charge is 0.327 e. The van der Waals surface area contributed by atoms with E-state index < -0.39 is 18.0 Å². The van der Waals surface area contributed by atoms with Crippen LogP contribution in [0, 0.1) is 0 Å². The van der Waals surface area contributed by atoms with Gasteiger partial charge in [0.2, 0.25) is 5.91 Å². The molecule has 1 aliphatic rings. The maximum atomic E-state index is 11.5. The second kappa shape index (κ2) is 5.59. The quantitative estimate of drug-likeness (QED) is 0.588. The molecule has 3 amide bonds. The van der Waals surface area contributed by atoms with E-state index in [-0.39, 0.29) is 12.5 Å². The van der Waals surface area contributed by atoms with Crippen molar-refractivity contribution in [3.8, 4) is 0 Å². The van der Waals surface area contributed by atoms with Crippen molar-refractivity contribution in [1.29, 1.82) is 0 Å². The minimum atomic E-state index is -1.03. The van der Waals surface area contributed by atoms with E-state index in [2.05, 4.69) is 10.6 Å². The monoisotopic (exact) mass is 247 g/mol. The number of aliphatic carboxylic acids is 1. The molecule has 1 heterocycles. The van der Waals surface area contributed by atoms with Gasteiger partial charge in [0, 0.05) is 12.8 Å². The first-order chi connectivity index (χ1) is 7.56. The van der Waals surface area contributed by atoms with Crippen LogP contribution in [0.2, 0.25) is 0 Å². The lowest BCUT2D eigenvalue weighted by Crippen LogP contribution is -2.48. The van der Waals surface area contributed by atoms with Gasteiger partial charge in [0.25, 0.3) is 0 Å². The minimum absolute atomic E-state index is 0.150. The highest BCUT2D eigenvalue weighted by Gasteiger charge is 2.34. The Balaban J connectivity index is 2.47. The highest BCUT2D eigenvalue weighted by Crippen LogP contribution is 2.20. The molecular weight excluding hydrogens is 234 g/mol. The molecule has 0 saturated carbocycles. The first-order valence-corrected chi connectivity index (χ1v) is 5.77. The number of amides is 3. The molecule has 7 nitrogen and oxygen atoms in total. The van der Waals surface area contributed by atoms with Crippen LogP contribution in [0.4, 0.5) is 4.79 Å². The summed E-state index contributed by atoms with van der Waals surface area (Å²) in [6.45, 7) is -0.150. The predicted octanol–water partition coefficient (Wildman–Crippen LogP) is -1.10. The van der Waals surface area contributed by atoms with Gasteiger partial charge < -0.3 is 20.6 Å². The second-order valence-electron chi connectivity index (χ2n) is 3.16. The lowest BCUT2D eigenvalue weighted by molar-refractivity contribution is -0.140. The Morgan fingerprint density at radius 2 is 2.19 bits per heavy atom. The lowest BCUT2D eigenvalue weighted by Gasteiger charge is -2.20. The molecule has 0 radical (unpaired) electrons. The molecule has 3 N–H and O–H groups in total. The first kappa shape index (κ1) is 12.6. The molecule has 0 bridgehead atoms. The predicted molar refractivity (Wildman–Crippen MR) is 58.1 cm³/mol. The summed E-state index contributed by atoms with van der Waals surface area (Å²) in [6, 6.07) is -1.34. The Kier molecular flexibility index (Phi) is 4.41. The number of carboxylic acids is 1. The maximum absolute atomic E-state index is 11.5. The van der Waals surface area contributed by atoms with Gasteiger partial charge in [-0.15, -0.1) is 11.8 Å². The van der Waals surface area contributed by atoms with Crippen LogP contribution in [-0.2, 0) is 9.59 Å². The molecule has 0 unspecified atom stereocenters. The number of nitrogens with zero attached hydrogens (tertiary/aromatic N) is 1. The summed E-state index contributed by atoms with van der Waals surface area (Å²) in [7, 11) is 1.46. The SMILES string of the molecule is CNC(=O)CNC(=O)N1CSC[C@H]1C(=O)O. The highest BCUT2D eigenvalue weighted by molar-refractivity contribution is 7.99. The van der Waals surface area contributed by atoms with Crippen LogP contribution in [-0.4, -0.2) is 59.2 Å². The van der Waals surface area contributed by atoms with Gasteiger partial charge in [-0.3, -0.25) is 4.79 Å². The van der Waals surface area contributed by atoms with Crippen LogP contribution >= 0.6 is 11.8 Å². The zero-order chi connectivity index (χ0) is 12.1. The molecule has 1 fully saturated rings. The number of hydrogen-bond acceptors (Lipinski definition) is 4. The topological polar surface area (TPSA) is 98.7 Å². The molecule has 0 aromatic heterocycles. The fourth-order valence-electron chi connectivity index (χ4n) is 1.19. The highest BCUT2D eigenvalue weighted by atomic mass is 32.2. The van der Waals surface area contributed by atoms with Gasteiger partial charge in [-0.05, 0) is 0 Å². The van der Waals surface area contributed by atoms with Crippen LogP contribution in [0.15, 0.2) is 0 Å². The van der Waals surface area contributed by atoms with Crippen molar-refractivity contribution in [2.75, 3.05) is 25.2 Å². The summed E-state index contributed by atoms with van der Waals surface area (Å²) in [4.78, 5) is 34.4. The van der Waals surface area contributed by atoms with E-state index in [4.69, 9.17) is 5.11 Å². The Morgan fingerprint density at radius 1 is 1.50 bits per heavy atom. The van der Waals surface area contributed by atoms with E-state index in [1.165, 1.54) is 23.7 Å². The number of urea groups is 1. The number of nitrogens with one attached hydrogen (secondary N) is 2. The van der Waals surface area contributed by atoms with E-state index in [0.717, 1.165) is 0 Å².